The van der Waals surface area contributed by atoms with Gasteiger partial charge in [0.25, 0.3) is 0 Å². The highest BCUT2D eigenvalue weighted by Crippen LogP contribution is 2.26. The van der Waals surface area contributed by atoms with Crippen LogP contribution in [0.15, 0.2) is 24.3 Å². The van der Waals surface area contributed by atoms with Crippen LogP contribution in [0.2, 0.25) is 0 Å². The van der Waals surface area contributed by atoms with Gasteiger partial charge in [-0.2, -0.15) is 0 Å². The molecular weight excluding hydrogens is 246 g/mol. The van der Waals surface area contributed by atoms with Crippen LogP contribution in [0.25, 0.3) is 0 Å². The van der Waals surface area contributed by atoms with Gasteiger partial charge in [-0.05, 0) is 63.1 Å². The molecule has 2 heteroatoms. The van der Waals surface area contributed by atoms with E-state index in [1.807, 2.05) is 12.1 Å². The van der Waals surface area contributed by atoms with Gasteiger partial charge in [-0.25, -0.2) is 0 Å². The summed E-state index contributed by atoms with van der Waals surface area (Å²) in [5.41, 5.74) is 1.31. The van der Waals surface area contributed by atoms with Gasteiger partial charge in [-0.3, -0.25) is 0 Å². The van der Waals surface area contributed by atoms with E-state index < -0.39 is 0 Å². The van der Waals surface area contributed by atoms with E-state index in [-0.39, 0.29) is 0 Å². The Labute approximate surface area is 123 Å². The SMILES string of the molecule is CC(CCc1ccc(O)cc1)N[C@@H](C)C1CCCCC1. The van der Waals surface area contributed by atoms with Crippen molar-refractivity contribution in [3.05, 3.63) is 29.8 Å². The van der Waals surface area contributed by atoms with Gasteiger partial charge in [0.2, 0.25) is 0 Å². The molecule has 2 rings (SSSR count). The normalized spacial score (nSPS) is 19.7. The number of hydrogen-bond acceptors (Lipinski definition) is 2. The highest BCUT2D eigenvalue weighted by molar-refractivity contribution is 5.25. The molecular formula is C18H29NO. The van der Waals surface area contributed by atoms with Gasteiger partial charge >= 0.3 is 0 Å². The number of aromatic hydroxyl groups is 1. The second-order valence-electron chi connectivity index (χ2n) is 6.46. The maximum Gasteiger partial charge on any atom is 0.115 e. The van der Waals surface area contributed by atoms with E-state index in [1.54, 1.807) is 12.1 Å². The van der Waals surface area contributed by atoms with E-state index in [0.717, 1.165) is 18.8 Å². The first kappa shape index (κ1) is 15.4. The van der Waals surface area contributed by atoms with Crippen molar-refractivity contribution in [3.63, 3.8) is 0 Å². The average molecular weight is 275 g/mol. The standard InChI is InChI=1S/C18H29NO/c1-14(8-9-16-10-12-18(20)13-11-16)19-15(2)17-6-4-3-5-7-17/h10-15,17,19-20H,3-9H2,1-2H3/t14?,15-/m0/s1. The van der Waals surface area contributed by atoms with Crippen molar-refractivity contribution in [1.29, 1.82) is 0 Å². The molecule has 1 aliphatic carbocycles. The summed E-state index contributed by atoms with van der Waals surface area (Å²) >= 11 is 0. The van der Waals surface area contributed by atoms with Gasteiger partial charge in [0, 0.05) is 12.1 Å². The average Bonchev–Trinajstić information content (AvgIpc) is 2.47. The zero-order valence-electron chi connectivity index (χ0n) is 12.9. The molecule has 0 spiro atoms. The third kappa shape index (κ3) is 4.82. The van der Waals surface area contributed by atoms with Gasteiger partial charge in [0.1, 0.15) is 5.75 Å². The Kier molecular flexibility index (Phi) is 5.90. The van der Waals surface area contributed by atoms with E-state index >= 15 is 0 Å². The van der Waals surface area contributed by atoms with Crippen LogP contribution in [0.3, 0.4) is 0 Å². The van der Waals surface area contributed by atoms with Crippen LogP contribution in [0.4, 0.5) is 0 Å². The van der Waals surface area contributed by atoms with Crippen molar-refractivity contribution < 1.29 is 5.11 Å². The maximum absolute atomic E-state index is 9.28. The van der Waals surface area contributed by atoms with Crippen LogP contribution in [0.5, 0.6) is 5.75 Å². The van der Waals surface area contributed by atoms with Crippen LogP contribution in [0.1, 0.15) is 57.9 Å². The number of nitrogens with one attached hydrogen (secondary N) is 1. The lowest BCUT2D eigenvalue weighted by atomic mass is 9.84. The van der Waals surface area contributed by atoms with Crippen LogP contribution < -0.4 is 5.32 Å². The molecule has 0 amide bonds. The second-order valence-corrected chi connectivity index (χ2v) is 6.46. The Morgan fingerprint density at radius 2 is 1.75 bits per heavy atom. The first-order chi connectivity index (χ1) is 9.65. The molecule has 2 atom stereocenters. The first-order valence-corrected chi connectivity index (χ1v) is 8.19. The number of phenolic OH excluding ortho intramolecular Hbond substituents is 1. The predicted molar refractivity (Wildman–Crippen MR) is 85.1 cm³/mol. The Bertz CT molecular complexity index is 381. The summed E-state index contributed by atoms with van der Waals surface area (Å²) in [5, 5.41) is 13.1. The Hall–Kier alpha value is -1.02. The topological polar surface area (TPSA) is 32.3 Å². The van der Waals surface area contributed by atoms with Crippen molar-refractivity contribution in [3.8, 4) is 5.75 Å². The highest BCUT2D eigenvalue weighted by Gasteiger charge is 2.20. The molecule has 1 aliphatic rings. The van der Waals surface area contributed by atoms with E-state index in [0.29, 0.717) is 17.8 Å². The number of phenols is 1. The summed E-state index contributed by atoms with van der Waals surface area (Å²) in [6.45, 7) is 4.65. The van der Waals surface area contributed by atoms with Crippen molar-refractivity contribution in [1.82, 2.24) is 5.32 Å². The van der Waals surface area contributed by atoms with E-state index in [1.165, 1.54) is 37.7 Å². The molecule has 0 aromatic heterocycles. The number of aryl methyl sites for hydroxylation is 1. The largest absolute Gasteiger partial charge is 0.508 e. The van der Waals surface area contributed by atoms with Crippen molar-refractivity contribution >= 4 is 0 Å². The highest BCUT2D eigenvalue weighted by atomic mass is 16.3. The minimum Gasteiger partial charge on any atom is -0.508 e. The second kappa shape index (κ2) is 7.68. The zero-order chi connectivity index (χ0) is 14.4. The fourth-order valence-corrected chi connectivity index (χ4v) is 3.35. The monoisotopic (exact) mass is 275 g/mol. The van der Waals surface area contributed by atoms with E-state index in [2.05, 4.69) is 19.2 Å². The third-order valence-corrected chi connectivity index (χ3v) is 4.71. The van der Waals surface area contributed by atoms with Crippen LogP contribution in [-0.4, -0.2) is 17.2 Å². The Morgan fingerprint density at radius 3 is 2.40 bits per heavy atom. The summed E-state index contributed by atoms with van der Waals surface area (Å²) in [6.07, 6.45) is 9.29. The summed E-state index contributed by atoms with van der Waals surface area (Å²) in [4.78, 5) is 0. The molecule has 1 unspecified atom stereocenters. The molecule has 20 heavy (non-hydrogen) atoms. The summed E-state index contributed by atoms with van der Waals surface area (Å²) < 4.78 is 0. The number of benzene rings is 1. The lowest BCUT2D eigenvalue weighted by Crippen LogP contribution is -2.40. The molecule has 0 aliphatic heterocycles. The van der Waals surface area contributed by atoms with Gasteiger partial charge in [0.15, 0.2) is 0 Å². The zero-order valence-corrected chi connectivity index (χ0v) is 12.9. The molecule has 1 fully saturated rings. The lowest BCUT2D eigenvalue weighted by molar-refractivity contribution is 0.264. The van der Waals surface area contributed by atoms with Gasteiger partial charge in [0.05, 0.1) is 0 Å². The molecule has 2 nitrogen and oxygen atoms in total. The Balaban J connectivity index is 1.71. The Morgan fingerprint density at radius 1 is 1.10 bits per heavy atom. The molecule has 1 aromatic rings. The van der Waals surface area contributed by atoms with Crippen molar-refractivity contribution in [2.24, 2.45) is 5.92 Å². The first-order valence-electron chi connectivity index (χ1n) is 8.19. The molecule has 2 N–H and O–H groups in total. The predicted octanol–water partition coefficient (Wildman–Crippen LogP) is 4.27. The fraction of sp³-hybridized carbons (Fsp3) is 0.667. The van der Waals surface area contributed by atoms with Crippen LogP contribution in [-0.2, 0) is 6.42 Å². The summed E-state index contributed by atoms with van der Waals surface area (Å²) in [7, 11) is 0. The summed E-state index contributed by atoms with van der Waals surface area (Å²) in [5.74, 6) is 1.23. The smallest absolute Gasteiger partial charge is 0.115 e. The van der Waals surface area contributed by atoms with E-state index in [9.17, 15) is 5.11 Å². The minimum atomic E-state index is 0.353. The fourth-order valence-electron chi connectivity index (χ4n) is 3.35. The molecule has 0 bridgehead atoms. The molecule has 0 saturated heterocycles. The van der Waals surface area contributed by atoms with Gasteiger partial charge in [-0.15, -0.1) is 0 Å². The van der Waals surface area contributed by atoms with Gasteiger partial charge in [-0.1, -0.05) is 31.4 Å². The van der Waals surface area contributed by atoms with Crippen LogP contribution >= 0.6 is 0 Å². The molecule has 112 valence electrons. The number of hydrogen-bond donors (Lipinski definition) is 2. The van der Waals surface area contributed by atoms with Crippen molar-refractivity contribution in [2.75, 3.05) is 0 Å². The molecule has 1 aromatic carbocycles. The van der Waals surface area contributed by atoms with Crippen LogP contribution in [0, 0.1) is 5.92 Å². The molecule has 0 radical (unpaired) electrons. The molecule has 1 saturated carbocycles. The van der Waals surface area contributed by atoms with Crippen molar-refractivity contribution in [2.45, 2.75) is 70.9 Å². The quantitative estimate of drug-likeness (QED) is 0.812. The third-order valence-electron chi connectivity index (χ3n) is 4.71. The molecule has 0 heterocycles. The van der Waals surface area contributed by atoms with E-state index in [4.69, 9.17) is 0 Å². The minimum absolute atomic E-state index is 0.353. The maximum atomic E-state index is 9.28. The van der Waals surface area contributed by atoms with Gasteiger partial charge < -0.3 is 10.4 Å². The lowest BCUT2D eigenvalue weighted by Gasteiger charge is -2.30. The summed E-state index contributed by atoms with van der Waals surface area (Å²) in [6, 6.07) is 8.79. The number of rotatable bonds is 6.